The van der Waals surface area contributed by atoms with Crippen molar-refractivity contribution in [3.63, 3.8) is 0 Å². The van der Waals surface area contributed by atoms with Gasteiger partial charge in [0.25, 0.3) is 5.91 Å². The molecule has 1 aromatic heterocycles. The van der Waals surface area contributed by atoms with Crippen LogP contribution in [0, 0.1) is 5.82 Å². The molecule has 2 heterocycles. The number of benzene rings is 1. The van der Waals surface area contributed by atoms with Crippen LogP contribution in [0.15, 0.2) is 42.6 Å². The highest BCUT2D eigenvalue weighted by atomic mass is 19.1. The van der Waals surface area contributed by atoms with E-state index in [9.17, 15) is 9.18 Å². The molecule has 120 valence electrons. The van der Waals surface area contributed by atoms with Gasteiger partial charge in [-0.25, -0.2) is 9.37 Å². The fourth-order valence-electron chi connectivity index (χ4n) is 2.74. The number of piperazine rings is 1. The summed E-state index contributed by atoms with van der Waals surface area (Å²) in [5.74, 6) is 0.429. The van der Waals surface area contributed by atoms with Gasteiger partial charge in [0, 0.05) is 45.0 Å². The fraction of sp³-hybridized carbons (Fsp3) is 0.294. The molecule has 0 unspecified atom stereocenters. The summed E-state index contributed by atoms with van der Waals surface area (Å²) in [7, 11) is 1.77. The lowest BCUT2D eigenvalue weighted by Crippen LogP contribution is -2.49. The molecule has 0 spiro atoms. The minimum atomic E-state index is -0.222. The Hall–Kier alpha value is -2.63. The number of hydrogen-bond acceptors (Lipinski definition) is 4. The summed E-state index contributed by atoms with van der Waals surface area (Å²) in [6.45, 7) is 2.39. The van der Waals surface area contributed by atoms with Crippen molar-refractivity contribution in [2.24, 2.45) is 0 Å². The number of aromatic nitrogens is 1. The number of carbonyl (C=O) groups is 1. The molecule has 0 atom stereocenters. The summed E-state index contributed by atoms with van der Waals surface area (Å²) in [6.07, 6.45) is 1.62. The number of para-hydroxylation sites is 1. The minimum Gasteiger partial charge on any atom is -0.373 e. The van der Waals surface area contributed by atoms with E-state index in [1.807, 2.05) is 11.0 Å². The zero-order chi connectivity index (χ0) is 16.2. The van der Waals surface area contributed by atoms with Crippen LogP contribution in [0.1, 0.15) is 10.4 Å². The van der Waals surface area contributed by atoms with Gasteiger partial charge in [-0.15, -0.1) is 0 Å². The lowest BCUT2D eigenvalue weighted by Gasteiger charge is -2.36. The molecule has 6 heteroatoms. The third-order valence-electron chi connectivity index (χ3n) is 4.02. The van der Waals surface area contributed by atoms with Gasteiger partial charge in [0.05, 0.1) is 5.69 Å². The Morgan fingerprint density at radius 1 is 1.17 bits per heavy atom. The second kappa shape index (κ2) is 6.64. The molecule has 2 aromatic rings. The van der Waals surface area contributed by atoms with E-state index in [-0.39, 0.29) is 11.7 Å². The lowest BCUT2D eigenvalue weighted by atomic mass is 10.2. The molecule has 1 saturated heterocycles. The molecule has 0 aliphatic carbocycles. The average molecular weight is 314 g/mol. The number of halogens is 1. The normalized spacial score (nSPS) is 14.7. The maximum atomic E-state index is 13.8. The first-order valence-electron chi connectivity index (χ1n) is 7.61. The van der Waals surface area contributed by atoms with Gasteiger partial charge in [-0.3, -0.25) is 4.79 Å². The highest BCUT2D eigenvalue weighted by Crippen LogP contribution is 2.21. The van der Waals surface area contributed by atoms with Gasteiger partial charge in [-0.1, -0.05) is 12.1 Å². The van der Waals surface area contributed by atoms with Gasteiger partial charge in [-0.05, 0) is 24.3 Å². The Labute approximate surface area is 134 Å². The van der Waals surface area contributed by atoms with Gasteiger partial charge >= 0.3 is 0 Å². The summed E-state index contributed by atoms with van der Waals surface area (Å²) >= 11 is 0. The maximum Gasteiger partial charge on any atom is 0.254 e. The topological polar surface area (TPSA) is 48.5 Å². The van der Waals surface area contributed by atoms with E-state index < -0.39 is 0 Å². The van der Waals surface area contributed by atoms with Gasteiger partial charge < -0.3 is 15.1 Å². The van der Waals surface area contributed by atoms with Crippen LogP contribution < -0.4 is 10.2 Å². The fourth-order valence-corrected chi connectivity index (χ4v) is 2.74. The van der Waals surface area contributed by atoms with Gasteiger partial charge in [-0.2, -0.15) is 0 Å². The zero-order valence-electron chi connectivity index (χ0n) is 13.0. The molecule has 23 heavy (non-hydrogen) atoms. The summed E-state index contributed by atoms with van der Waals surface area (Å²) in [5.41, 5.74) is 1.21. The first kappa shape index (κ1) is 15.3. The highest BCUT2D eigenvalue weighted by Gasteiger charge is 2.23. The highest BCUT2D eigenvalue weighted by molar-refractivity contribution is 5.95. The number of rotatable bonds is 3. The summed E-state index contributed by atoms with van der Waals surface area (Å²) in [5, 5.41) is 2.93. The molecule has 0 bridgehead atoms. The Morgan fingerprint density at radius 2 is 1.91 bits per heavy atom. The SMILES string of the molecule is CNc1cc(C(=O)N2CCN(c3ccccc3F)CC2)ccn1. The van der Waals surface area contributed by atoms with Crippen LogP contribution in [0.2, 0.25) is 0 Å². The predicted molar refractivity (Wildman–Crippen MR) is 88.3 cm³/mol. The van der Waals surface area contributed by atoms with Gasteiger partial charge in [0.2, 0.25) is 0 Å². The predicted octanol–water partition coefficient (Wildman–Crippen LogP) is 2.22. The van der Waals surface area contributed by atoms with E-state index in [1.165, 1.54) is 6.07 Å². The van der Waals surface area contributed by atoms with Gasteiger partial charge in [0.15, 0.2) is 0 Å². The number of amides is 1. The number of nitrogens with one attached hydrogen (secondary N) is 1. The van der Waals surface area contributed by atoms with E-state index in [2.05, 4.69) is 10.3 Å². The number of nitrogens with zero attached hydrogens (tertiary/aromatic N) is 3. The Balaban J connectivity index is 1.66. The largest absolute Gasteiger partial charge is 0.373 e. The van der Waals surface area contributed by atoms with Crippen LogP contribution in [-0.2, 0) is 0 Å². The third kappa shape index (κ3) is 3.26. The quantitative estimate of drug-likeness (QED) is 0.944. The molecule has 1 amide bonds. The molecule has 1 aliphatic heterocycles. The van der Waals surface area contributed by atoms with Crippen molar-refractivity contribution >= 4 is 17.4 Å². The molecular weight excluding hydrogens is 295 g/mol. The molecule has 1 aromatic carbocycles. The van der Waals surface area contributed by atoms with Crippen LogP contribution in [0.5, 0.6) is 0 Å². The Kier molecular flexibility index (Phi) is 4.41. The van der Waals surface area contributed by atoms with E-state index in [0.717, 1.165) is 0 Å². The van der Waals surface area contributed by atoms with Crippen LogP contribution in [0.3, 0.4) is 0 Å². The molecule has 0 saturated carbocycles. The standard InChI is InChI=1S/C17H19FN4O/c1-19-16-12-13(6-7-20-16)17(23)22-10-8-21(9-11-22)15-5-3-2-4-14(15)18/h2-7,12H,8-11H2,1H3,(H,19,20). The van der Waals surface area contributed by atoms with E-state index in [0.29, 0.717) is 43.2 Å². The van der Waals surface area contributed by atoms with Crippen molar-refractivity contribution in [1.82, 2.24) is 9.88 Å². The molecule has 1 N–H and O–H groups in total. The molecule has 3 rings (SSSR count). The molecular formula is C17H19FN4O. The first-order valence-corrected chi connectivity index (χ1v) is 7.61. The van der Waals surface area contributed by atoms with Gasteiger partial charge in [0.1, 0.15) is 11.6 Å². The van der Waals surface area contributed by atoms with E-state index in [4.69, 9.17) is 0 Å². The molecule has 1 fully saturated rings. The van der Waals surface area contributed by atoms with Crippen LogP contribution >= 0.6 is 0 Å². The summed E-state index contributed by atoms with van der Waals surface area (Å²) < 4.78 is 13.8. The van der Waals surface area contributed by atoms with Crippen molar-refractivity contribution in [3.8, 4) is 0 Å². The Morgan fingerprint density at radius 3 is 2.61 bits per heavy atom. The number of carbonyl (C=O) groups excluding carboxylic acids is 1. The van der Waals surface area contributed by atoms with E-state index >= 15 is 0 Å². The smallest absolute Gasteiger partial charge is 0.254 e. The average Bonchev–Trinajstić information content (AvgIpc) is 2.62. The minimum absolute atomic E-state index is 0.0166. The number of anilines is 2. The third-order valence-corrected chi connectivity index (χ3v) is 4.02. The van der Waals surface area contributed by atoms with E-state index in [1.54, 1.807) is 42.4 Å². The van der Waals surface area contributed by atoms with Crippen LogP contribution in [0.4, 0.5) is 15.9 Å². The summed E-state index contributed by atoms with van der Waals surface area (Å²) in [4.78, 5) is 20.4. The van der Waals surface area contributed by atoms with Crippen molar-refractivity contribution < 1.29 is 9.18 Å². The zero-order valence-corrected chi connectivity index (χ0v) is 13.0. The number of pyridine rings is 1. The van der Waals surface area contributed by atoms with Crippen molar-refractivity contribution in [1.29, 1.82) is 0 Å². The van der Waals surface area contributed by atoms with Crippen LogP contribution in [-0.4, -0.2) is 49.0 Å². The Bertz CT molecular complexity index is 698. The van der Waals surface area contributed by atoms with Crippen LogP contribution in [0.25, 0.3) is 0 Å². The van der Waals surface area contributed by atoms with Crippen molar-refractivity contribution in [2.75, 3.05) is 43.4 Å². The van der Waals surface area contributed by atoms with Crippen molar-refractivity contribution in [2.45, 2.75) is 0 Å². The molecule has 0 radical (unpaired) electrons. The maximum absolute atomic E-state index is 13.8. The monoisotopic (exact) mass is 314 g/mol. The summed E-state index contributed by atoms with van der Waals surface area (Å²) in [6, 6.07) is 10.2. The second-order valence-electron chi connectivity index (χ2n) is 5.41. The number of hydrogen-bond donors (Lipinski definition) is 1. The second-order valence-corrected chi connectivity index (χ2v) is 5.41. The van der Waals surface area contributed by atoms with Crippen molar-refractivity contribution in [3.05, 3.63) is 54.0 Å². The first-order chi connectivity index (χ1) is 11.2. The molecule has 5 nitrogen and oxygen atoms in total. The molecule has 1 aliphatic rings. The lowest BCUT2D eigenvalue weighted by molar-refractivity contribution is 0.0746.